The Morgan fingerprint density at radius 2 is 2.17 bits per heavy atom. The molecule has 1 N–H and O–H groups in total. The van der Waals surface area contributed by atoms with Crippen molar-refractivity contribution in [3.63, 3.8) is 0 Å². The second-order valence-corrected chi connectivity index (χ2v) is 5.95. The van der Waals surface area contributed by atoms with Gasteiger partial charge < -0.3 is 5.11 Å². The van der Waals surface area contributed by atoms with Crippen LogP contribution in [0.5, 0.6) is 0 Å². The van der Waals surface area contributed by atoms with Crippen molar-refractivity contribution in [2.75, 3.05) is 13.1 Å². The van der Waals surface area contributed by atoms with E-state index < -0.39 is 16.6 Å². The van der Waals surface area contributed by atoms with E-state index in [0.717, 1.165) is 13.0 Å². The monoisotopic (exact) mass is 191 g/mol. The Bertz CT molecular complexity index is 191. The molecule has 72 valence electrons. The highest BCUT2D eigenvalue weighted by Crippen LogP contribution is 2.22. The van der Waals surface area contributed by atoms with Gasteiger partial charge in [0.05, 0.1) is 16.6 Å². The van der Waals surface area contributed by atoms with Crippen molar-refractivity contribution in [1.29, 1.82) is 0 Å². The zero-order valence-electron chi connectivity index (χ0n) is 7.91. The highest BCUT2D eigenvalue weighted by Gasteiger charge is 2.34. The summed E-state index contributed by atoms with van der Waals surface area (Å²) in [5.74, 6) is 0. The number of hydrogen-bond donors (Lipinski definition) is 1. The average molecular weight is 191 g/mol. The highest BCUT2D eigenvalue weighted by molar-refractivity contribution is 7.83. The first kappa shape index (κ1) is 10.2. The molecule has 0 radical (unpaired) electrons. The van der Waals surface area contributed by atoms with Crippen LogP contribution in [0.1, 0.15) is 27.2 Å². The first-order chi connectivity index (χ1) is 5.42. The zero-order valence-corrected chi connectivity index (χ0v) is 8.73. The summed E-state index contributed by atoms with van der Waals surface area (Å²) >= 11 is 0. The van der Waals surface area contributed by atoms with Crippen molar-refractivity contribution in [2.45, 2.75) is 38.0 Å². The van der Waals surface area contributed by atoms with Crippen molar-refractivity contribution in [2.24, 2.45) is 0 Å². The molecule has 0 spiro atoms. The molecule has 0 aliphatic carbocycles. The molecule has 4 heteroatoms. The molecule has 1 aliphatic rings. The van der Waals surface area contributed by atoms with Crippen molar-refractivity contribution in [3.8, 4) is 0 Å². The Morgan fingerprint density at radius 1 is 1.58 bits per heavy atom. The van der Waals surface area contributed by atoms with E-state index in [1.165, 1.54) is 0 Å². The van der Waals surface area contributed by atoms with Gasteiger partial charge >= 0.3 is 0 Å². The van der Waals surface area contributed by atoms with Crippen molar-refractivity contribution in [3.05, 3.63) is 0 Å². The fourth-order valence-corrected chi connectivity index (χ4v) is 2.63. The molecule has 1 saturated heterocycles. The molecular formula is C8H17NO2S. The van der Waals surface area contributed by atoms with Gasteiger partial charge in [-0.3, -0.25) is 0 Å². The predicted molar refractivity (Wildman–Crippen MR) is 50.1 cm³/mol. The largest absolute Gasteiger partial charge is 0.389 e. The topological polar surface area (TPSA) is 40.5 Å². The molecule has 0 aromatic heterocycles. The van der Waals surface area contributed by atoms with E-state index >= 15 is 0 Å². The molecule has 2 unspecified atom stereocenters. The number of hydrogen-bond acceptors (Lipinski definition) is 2. The third-order valence-corrected chi connectivity index (χ3v) is 3.70. The van der Waals surface area contributed by atoms with Crippen LogP contribution >= 0.6 is 0 Å². The molecule has 1 heterocycles. The minimum Gasteiger partial charge on any atom is -0.389 e. The van der Waals surface area contributed by atoms with Gasteiger partial charge in [0.2, 0.25) is 0 Å². The fourth-order valence-electron chi connectivity index (χ4n) is 1.36. The van der Waals surface area contributed by atoms with Crippen LogP contribution in [-0.2, 0) is 11.0 Å². The van der Waals surface area contributed by atoms with E-state index in [0.29, 0.717) is 6.54 Å². The van der Waals surface area contributed by atoms with Crippen molar-refractivity contribution >= 4 is 11.0 Å². The average Bonchev–Trinajstić information content (AvgIpc) is 2.28. The molecule has 0 amide bonds. The maximum atomic E-state index is 11.6. The Kier molecular flexibility index (Phi) is 2.91. The van der Waals surface area contributed by atoms with Gasteiger partial charge in [0, 0.05) is 18.3 Å². The van der Waals surface area contributed by atoms with Gasteiger partial charge in [-0.2, -0.15) is 0 Å². The Morgan fingerprint density at radius 3 is 2.50 bits per heavy atom. The van der Waals surface area contributed by atoms with Crippen LogP contribution in [-0.4, -0.2) is 37.6 Å². The molecule has 0 bridgehead atoms. The van der Waals surface area contributed by atoms with Gasteiger partial charge in [0.25, 0.3) is 0 Å². The summed E-state index contributed by atoms with van der Waals surface area (Å²) in [6.07, 6.45) is 0.728. The van der Waals surface area contributed by atoms with Crippen molar-refractivity contribution in [1.82, 2.24) is 4.31 Å². The third kappa shape index (κ3) is 2.28. The van der Waals surface area contributed by atoms with Crippen LogP contribution < -0.4 is 0 Å². The molecule has 1 fully saturated rings. The number of rotatable bonds is 2. The maximum Gasteiger partial charge on any atom is 0.0969 e. The molecular weight excluding hydrogens is 174 g/mol. The molecule has 0 aromatic carbocycles. The highest BCUT2D eigenvalue weighted by atomic mass is 32.2. The second-order valence-electron chi connectivity index (χ2n) is 3.94. The standard InChI is InChI=1S/C8H17NO2S/c1-7(2)12(11)9-5-4-8(3,10)6-9/h7,10H,4-6H2,1-3H3. The summed E-state index contributed by atoms with van der Waals surface area (Å²) in [5, 5.41) is 9.77. The Hall–Kier alpha value is 0.0700. The summed E-state index contributed by atoms with van der Waals surface area (Å²) in [5.41, 5.74) is -0.634. The van der Waals surface area contributed by atoms with Crippen LogP contribution in [0.2, 0.25) is 0 Å². The zero-order chi connectivity index (χ0) is 9.35. The SMILES string of the molecule is CC(C)S(=O)N1CCC(C)(O)C1. The van der Waals surface area contributed by atoms with Crippen LogP contribution in [0.15, 0.2) is 0 Å². The maximum absolute atomic E-state index is 11.6. The Balaban J connectivity index is 2.53. The lowest BCUT2D eigenvalue weighted by atomic mass is 10.1. The lowest BCUT2D eigenvalue weighted by Gasteiger charge is -2.19. The minimum atomic E-state index is -0.920. The van der Waals surface area contributed by atoms with Crippen LogP contribution in [0.25, 0.3) is 0 Å². The number of nitrogens with zero attached hydrogens (tertiary/aromatic N) is 1. The predicted octanol–water partition coefficient (Wildman–Crippen LogP) is 0.515. The normalized spacial score (nSPS) is 34.4. The summed E-state index contributed by atoms with van der Waals surface area (Å²) < 4.78 is 13.4. The van der Waals surface area contributed by atoms with E-state index in [1.54, 1.807) is 6.92 Å². The number of β-amino-alcohol motifs (C(OH)–C–C–N with tert-alkyl or cyclic N) is 1. The summed E-state index contributed by atoms with van der Waals surface area (Å²) in [7, 11) is -0.920. The summed E-state index contributed by atoms with van der Waals surface area (Å²) in [4.78, 5) is 0. The minimum absolute atomic E-state index is 0.152. The van der Waals surface area contributed by atoms with Gasteiger partial charge in [-0.05, 0) is 27.2 Å². The number of aliphatic hydroxyl groups is 1. The van der Waals surface area contributed by atoms with Crippen LogP contribution in [0, 0.1) is 0 Å². The first-order valence-corrected chi connectivity index (χ1v) is 5.47. The van der Waals surface area contributed by atoms with E-state index in [1.807, 2.05) is 18.2 Å². The van der Waals surface area contributed by atoms with E-state index in [4.69, 9.17) is 0 Å². The second kappa shape index (κ2) is 3.44. The molecule has 1 aliphatic heterocycles. The summed E-state index contributed by atoms with van der Waals surface area (Å²) in [6.45, 7) is 6.95. The molecule has 3 nitrogen and oxygen atoms in total. The van der Waals surface area contributed by atoms with E-state index in [9.17, 15) is 9.32 Å². The Labute approximate surface area is 76.4 Å². The quantitative estimate of drug-likeness (QED) is 0.691. The lowest BCUT2D eigenvalue weighted by Crippen LogP contribution is -2.33. The van der Waals surface area contributed by atoms with Gasteiger partial charge in [0.15, 0.2) is 0 Å². The van der Waals surface area contributed by atoms with Gasteiger partial charge in [-0.25, -0.2) is 8.51 Å². The van der Waals surface area contributed by atoms with Crippen molar-refractivity contribution < 1.29 is 9.32 Å². The van der Waals surface area contributed by atoms with E-state index in [2.05, 4.69) is 0 Å². The van der Waals surface area contributed by atoms with Gasteiger partial charge in [-0.15, -0.1) is 0 Å². The fraction of sp³-hybridized carbons (Fsp3) is 1.00. The molecule has 1 rings (SSSR count). The lowest BCUT2D eigenvalue weighted by molar-refractivity contribution is 0.0766. The van der Waals surface area contributed by atoms with E-state index in [-0.39, 0.29) is 5.25 Å². The summed E-state index contributed by atoms with van der Waals surface area (Å²) in [6, 6.07) is 0. The molecule has 0 saturated carbocycles. The molecule has 2 atom stereocenters. The molecule has 12 heavy (non-hydrogen) atoms. The van der Waals surface area contributed by atoms with Gasteiger partial charge in [0.1, 0.15) is 0 Å². The van der Waals surface area contributed by atoms with Crippen LogP contribution in [0.4, 0.5) is 0 Å². The van der Waals surface area contributed by atoms with Gasteiger partial charge in [-0.1, -0.05) is 0 Å². The van der Waals surface area contributed by atoms with Crippen LogP contribution in [0.3, 0.4) is 0 Å². The third-order valence-electron chi connectivity index (χ3n) is 2.07. The molecule has 0 aromatic rings. The smallest absolute Gasteiger partial charge is 0.0969 e. The first-order valence-electron chi connectivity index (χ1n) is 4.30.